The lowest BCUT2D eigenvalue weighted by Crippen LogP contribution is -2.46. The minimum atomic E-state index is 0.0594. The lowest BCUT2D eigenvalue weighted by molar-refractivity contribution is -0.136. The summed E-state index contributed by atoms with van der Waals surface area (Å²) >= 11 is 0. The fraction of sp³-hybridized carbons (Fsp3) is 0.409. The van der Waals surface area contributed by atoms with Crippen LogP contribution in [0.25, 0.3) is 0 Å². The van der Waals surface area contributed by atoms with E-state index in [4.69, 9.17) is 9.47 Å². The molecule has 2 atom stereocenters. The molecule has 5 nitrogen and oxygen atoms in total. The number of nitrogens with one attached hydrogen (secondary N) is 1. The number of hydrogen-bond acceptors (Lipinski definition) is 4. The van der Waals surface area contributed by atoms with Crippen molar-refractivity contribution in [2.75, 3.05) is 26.9 Å². The maximum absolute atomic E-state index is 13.2. The lowest BCUT2D eigenvalue weighted by Gasteiger charge is -2.38. The van der Waals surface area contributed by atoms with Gasteiger partial charge in [-0.1, -0.05) is 36.4 Å². The normalized spacial score (nSPS) is 22.2. The van der Waals surface area contributed by atoms with Crippen LogP contribution in [-0.2, 0) is 22.5 Å². The number of fused-ring (bicyclic) bond motifs is 1. The van der Waals surface area contributed by atoms with Crippen LogP contribution in [0.1, 0.15) is 29.2 Å². The Morgan fingerprint density at radius 2 is 2.07 bits per heavy atom. The van der Waals surface area contributed by atoms with Crippen molar-refractivity contribution in [3.05, 3.63) is 65.2 Å². The molecule has 0 saturated carbocycles. The second kappa shape index (κ2) is 8.11. The minimum Gasteiger partial charge on any atom is -0.497 e. The third kappa shape index (κ3) is 3.99. The van der Waals surface area contributed by atoms with Gasteiger partial charge in [-0.15, -0.1) is 0 Å². The lowest BCUT2D eigenvalue weighted by atomic mass is 9.89. The highest BCUT2D eigenvalue weighted by Crippen LogP contribution is 2.35. The van der Waals surface area contributed by atoms with E-state index < -0.39 is 0 Å². The van der Waals surface area contributed by atoms with Crippen LogP contribution in [0.5, 0.6) is 5.75 Å². The maximum atomic E-state index is 13.2. The van der Waals surface area contributed by atoms with Gasteiger partial charge in [0.25, 0.3) is 0 Å². The van der Waals surface area contributed by atoms with Crippen molar-refractivity contribution in [2.45, 2.75) is 31.5 Å². The van der Waals surface area contributed by atoms with Crippen LogP contribution < -0.4 is 10.1 Å². The summed E-state index contributed by atoms with van der Waals surface area (Å²) in [5.41, 5.74) is 3.63. The Kier molecular flexibility index (Phi) is 5.41. The van der Waals surface area contributed by atoms with Gasteiger partial charge in [0, 0.05) is 25.6 Å². The summed E-state index contributed by atoms with van der Waals surface area (Å²) < 4.78 is 10.9. The Bertz CT molecular complexity index is 787. The van der Waals surface area contributed by atoms with Gasteiger partial charge in [-0.3, -0.25) is 4.79 Å². The number of hydrogen-bond donors (Lipinski definition) is 1. The van der Waals surface area contributed by atoms with Gasteiger partial charge in [0.05, 0.1) is 26.4 Å². The molecule has 2 unspecified atom stereocenters. The Balaban J connectivity index is 1.61. The van der Waals surface area contributed by atoms with Crippen molar-refractivity contribution >= 4 is 5.91 Å². The highest BCUT2D eigenvalue weighted by atomic mass is 16.5. The number of rotatable bonds is 4. The van der Waals surface area contributed by atoms with E-state index in [0.717, 1.165) is 18.7 Å². The van der Waals surface area contributed by atoms with Crippen molar-refractivity contribution in [3.8, 4) is 5.75 Å². The second-order valence-corrected chi connectivity index (χ2v) is 7.22. The third-order valence-electron chi connectivity index (χ3n) is 5.47. The summed E-state index contributed by atoms with van der Waals surface area (Å²) in [7, 11) is 1.68. The fourth-order valence-corrected chi connectivity index (χ4v) is 4.00. The van der Waals surface area contributed by atoms with E-state index in [2.05, 4.69) is 29.6 Å². The van der Waals surface area contributed by atoms with Gasteiger partial charge < -0.3 is 19.7 Å². The van der Waals surface area contributed by atoms with Crippen molar-refractivity contribution < 1.29 is 14.3 Å². The second-order valence-electron chi connectivity index (χ2n) is 7.22. The van der Waals surface area contributed by atoms with Gasteiger partial charge in [0.1, 0.15) is 5.75 Å². The van der Waals surface area contributed by atoms with E-state index in [1.165, 1.54) is 16.7 Å². The number of amides is 1. The standard InChI is InChI=1S/C22H26N2O3/c1-26-20-8-7-17-12-21(16-5-3-2-4-6-16)24(14-18(17)11-20)22(25)13-19-15-27-10-9-23-19/h2-8,11,19,21,23H,9-10,12-15H2,1H3. The van der Waals surface area contributed by atoms with Crippen molar-refractivity contribution in [2.24, 2.45) is 0 Å². The first-order valence-electron chi connectivity index (χ1n) is 9.56. The van der Waals surface area contributed by atoms with Crippen LogP contribution in [0.15, 0.2) is 48.5 Å². The number of morpholine rings is 1. The number of carbonyl (C=O) groups excluding carboxylic acids is 1. The molecule has 2 aliphatic heterocycles. The van der Waals surface area contributed by atoms with E-state index in [1.807, 2.05) is 29.2 Å². The largest absolute Gasteiger partial charge is 0.497 e. The van der Waals surface area contributed by atoms with E-state index in [-0.39, 0.29) is 18.0 Å². The van der Waals surface area contributed by atoms with Crippen molar-refractivity contribution in [1.29, 1.82) is 0 Å². The zero-order valence-electron chi connectivity index (χ0n) is 15.7. The summed E-state index contributed by atoms with van der Waals surface area (Å²) in [5, 5.41) is 3.39. The Hall–Kier alpha value is -2.37. The fourth-order valence-electron chi connectivity index (χ4n) is 4.00. The molecular formula is C22H26N2O3. The molecule has 0 bridgehead atoms. The summed E-state index contributed by atoms with van der Waals surface area (Å²) in [6, 6.07) is 16.7. The average molecular weight is 366 g/mol. The molecule has 142 valence electrons. The predicted molar refractivity (Wildman–Crippen MR) is 104 cm³/mol. The Labute approximate surface area is 160 Å². The molecule has 1 amide bonds. The summed E-state index contributed by atoms with van der Waals surface area (Å²) in [6.45, 7) is 2.73. The molecule has 0 aliphatic carbocycles. The van der Waals surface area contributed by atoms with Crippen LogP contribution in [-0.4, -0.2) is 43.7 Å². The Morgan fingerprint density at radius 1 is 1.22 bits per heavy atom. The van der Waals surface area contributed by atoms with Gasteiger partial charge >= 0.3 is 0 Å². The molecule has 2 aromatic carbocycles. The summed E-state index contributed by atoms with van der Waals surface area (Å²) in [5.74, 6) is 1.00. The molecule has 4 rings (SSSR count). The number of carbonyl (C=O) groups is 1. The molecule has 2 aromatic rings. The number of benzene rings is 2. The summed E-state index contributed by atoms with van der Waals surface area (Å²) in [4.78, 5) is 15.2. The van der Waals surface area contributed by atoms with Gasteiger partial charge in [0.2, 0.25) is 5.91 Å². The van der Waals surface area contributed by atoms with Crippen LogP contribution in [0.3, 0.4) is 0 Å². The van der Waals surface area contributed by atoms with Gasteiger partial charge in [-0.05, 0) is 35.2 Å². The molecule has 27 heavy (non-hydrogen) atoms. The van der Waals surface area contributed by atoms with Crippen LogP contribution in [0.2, 0.25) is 0 Å². The van der Waals surface area contributed by atoms with E-state index >= 15 is 0 Å². The molecule has 0 spiro atoms. The Morgan fingerprint density at radius 3 is 2.81 bits per heavy atom. The number of ether oxygens (including phenoxy) is 2. The molecular weight excluding hydrogens is 340 g/mol. The van der Waals surface area contributed by atoms with E-state index in [9.17, 15) is 4.79 Å². The van der Waals surface area contributed by atoms with E-state index in [0.29, 0.717) is 26.2 Å². The zero-order chi connectivity index (χ0) is 18.6. The van der Waals surface area contributed by atoms with Crippen LogP contribution in [0.4, 0.5) is 0 Å². The van der Waals surface area contributed by atoms with Crippen LogP contribution in [0, 0.1) is 0 Å². The molecule has 1 fully saturated rings. The molecule has 1 N–H and O–H groups in total. The molecule has 2 heterocycles. The number of nitrogens with zero attached hydrogens (tertiary/aromatic N) is 1. The third-order valence-corrected chi connectivity index (χ3v) is 5.47. The molecule has 0 radical (unpaired) electrons. The van der Waals surface area contributed by atoms with Crippen molar-refractivity contribution in [1.82, 2.24) is 10.2 Å². The SMILES string of the molecule is COc1ccc2c(c1)CN(C(=O)CC1COCCN1)C(c1ccccc1)C2. The molecule has 1 saturated heterocycles. The number of methoxy groups -OCH3 is 1. The molecule has 2 aliphatic rings. The molecule has 5 heteroatoms. The zero-order valence-corrected chi connectivity index (χ0v) is 15.7. The first kappa shape index (κ1) is 18.0. The summed E-state index contributed by atoms with van der Waals surface area (Å²) in [6.07, 6.45) is 1.28. The quantitative estimate of drug-likeness (QED) is 0.904. The van der Waals surface area contributed by atoms with Crippen molar-refractivity contribution in [3.63, 3.8) is 0 Å². The topological polar surface area (TPSA) is 50.8 Å². The van der Waals surface area contributed by atoms with Gasteiger partial charge in [0.15, 0.2) is 0 Å². The van der Waals surface area contributed by atoms with Gasteiger partial charge in [-0.2, -0.15) is 0 Å². The smallest absolute Gasteiger partial charge is 0.225 e. The first-order chi connectivity index (χ1) is 13.2. The monoisotopic (exact) mass is 366 g/mol. The van der Waals surface area contributed by atoms with E-state index in [1.54, 1.807) is 7.11 Å². The first-order valence-corrected chi connectivity index (χ1v) is 9.56. The predicted octanol–water partition coefficient (Wildman–Crippen LogP) is 2.70. The maximum Gasteiger partial charge on any atom is 0.225 e. The average Bonchev–Trinajstić information content (AvgIpc) is 2.73. The highest BCUT2D eigenvalue weighted by Gasteiger charge is 2.32. The minimum absolute atomic E-state index is 0.0594. The highest BCUT2D eigenvalue weighted by molar-refractivity contribution is 5.78. The van der Waals surface area contributed by atoms with Crippen LogP contribution >= 0.6 is 0 Å². The molecule has 0 aromatic heterocycles. The van der Waals surface area contributed by atoms with Gasteiger partial charge in [-0.25, -0.2) is 0 Å².